The van der Waals surface area contributed by atoms with Crippen LogP contribution in [0.25, 0.3) is 6.08 Å². The Hall–Kier alpha value is -1.79. The molecule has 2 N–H and O–H groups in total. The largest absolute Gasteiger partial charge is 0.460 e. The van der Waals surface area contributed by atoms with Crippen molar-refractivity contribution in [3.8, 4) is 0 Å². The lowest BCUT2D eigenvalue weighted by Crippen LogP contribution is -2.49. The molecular weight excluding hydrogens is 340 g/mol. The molecule has 0 bridgehead atoms. The van der Waals surface area contributed by atoms with Crippen molar-refractivity contribution in [1.29, 1.82) is 0 Å². The lowest BCUT2D eigenvalue weighted by atomic mass is 9.76. The van der Waals surface area contributed by atoms with Gasteiger partial charge in [-0.2, -0.15) is 0 Å². The van der Waals surface area contributed by atoms with Crippen molar-refractivity contribution in [2.75, 3.05) is 13.1 Å². The lowest BCUT2D eigenvalue weighted by molar-refractivity contribution is -0.181. The summed E-state index contributed by atoms with van der Waals surface area (Å²) in [5, 5.41) is 14.6. The molecule has 142 valence electrons. The van der Waals surface area contributed by atoms with E-state index in [4.69, 9.17) is 4.74 Å². The highest BCUT2D eigenvalue weighted by atomic mass is 19.3. The number of carbonyl (C=O) groups is 1. The van der Waals surface area contributed by atoms with Gasteiger partial charge in [0.1, 0.15) is 6.10 Å². The highest BCUT2D eigenvalue weighted by Crippen LogP contribution is 2.40. The molecule has 1 saturated carbocycles. The van der Waals surface area contributed by atoms with Gasteiger partial charge in [0, 0.05) is 18.8 Å². The topological polar surface area (TPSA) is 58.6 Å². The van der Waals surface area contributed by atoms with Crippen LogP contribution in [0, 0.1) is 5.92 Å². The zero-order valence-corrected chi connectivity index (χ0v) is 14.7. The van der Waals surface area contributed by atoms with Crippen molar-refractivity contribution < 1.29 is 23.4 Å². The van der Waals surface area contributed by atoms with E-state index >= 15 is 0 Å². The smallest absolute Gasteiger partial charge is 0.343 e. The van der Waals surface area contributed by atoms with Gasteiger partial charge in [-0.3, -0.25) is 0 Å². The van der Waals surface area contributed by atoms with Gasteiger partial charge in [-0.15, -0.1) is 0 Å². The Morgan fingerprint density at radius 1 is 1.27 bits per heavy atom. The van der Waals surface area contributed by atoms with Gasteiger partial charge in [-0.1, -0.05) is 36.9 Å². The molecule has 0 unspecified atom stereocenters. The van der Waals surface area contributed by atoms with Crippen molar-refractivity contribution in [2.24, 2.45) is 5.92 Å². The highest BCUT2D eigenvalue weighted by molar-refractivity contribution is 5.82. The number of aliphatic hydroxyl groups is 1. The van der Waals surface area contributed by atoms with Gasteiger partial charge >= 0.3 is 5.97 Å². The molecule has 2 atom stereocenters. The predicted molar refractivity (Wildman–Crippen MR) is 94.7 cm³/mol. The first-order chi connectivity index (χ1) is 12.3. The van der Waals surface area contributed by atoms with Crippen molar-refractivity contribution in [3.05, 3.63) is 42.0 Å². The van der Waals surface area contributed by atoms with E-state index in [1.54, 1.807) is 30.3 Å². The second-order valence-corrected chi connectivity index (χ2v) is 7.24. The Kier molecular flexibility index (Phi) is 5.44. The van der Waals surface area contributed by atoms with E-state index in [1.165, 1.54) is 0 Å². The van der Waals surface area contributed by atoms with E-state index < -0.39 is 30.0 Å². The number of ether oxygens (including phenoxy) is 1. The molecule has 1 heterocycles. The summed E-state index contributed by atoms with van der Waals surface area (Å²) in [7, 11) is 0. The molecule has 1 aromatic carbocycles. The molecule has 0 spiro atoms. The van der Waals surface area contributed by atoms with Crippen LogP contribution in [0.2, 0.25) is 0 Å². The van der Waals surface area contributed by atoms with Crippen LogP contribution in [0.15, 0.2) is 30.8 Å². The number of alkyl halides is 2. The fraction of sp³-hybridized carbons (Fsp3) is 0.550. The average molecular weight is 365 g/mol. The summed E-state index contributed by atoms with van der Waals surface area (Å²) in [6, 6.07) is 6.91. The minimum Gasteiger partial charge on any atom is -0.460 e. The summed E-state index contributed by atoms with van der Waals surface area (Å²) in [4.78, 5) is 12.9. The molecule has 6 heteroatoms. The summed E-state index contributed by atoms with van der Waals surface area (Å²) in [6.45, 7) is 5.07. The zero-order chi connectivity index (χ0) is 18.8. The van der Waals surface area contributed by atoms with Gasteiger partial charge in [-0.25, -0.2) is 13.6 Å². The summed E-state index contributed by atoms with van der Waals surface area (Å²) >= 11 is 0. The monoisotopic (exact) mass is 365 g/mol. The maximum Gasteiger partial charge on any atom is 0.343 e. The minimum absolute atomic E-state index is 0.121. The van der Waals surface area contributed by atoms with Crippen LogP contribution < -0.4 is 5.32 Å². The van der Waals surface area contributed by atoms with Gasteiger partial charge in [0.2, 0.25) is 0 Å². The molecule has 1 aromatic rings. The van der Waals surface area contributed by atoms with E-state index in [0.717, 1.165) is 5.56 Å². The summed E-state index contributed by atoms with van der Waals surface area (Å²) in [5.74, 6) is -3.95. The summed E-state index contributed by atoms with van der Waals surface area (Å²) < 4.78 is 32.2. The van der Waals surface area contributed by atoms with Gasteiger partial charge in [0.15, 0.2) is 5.60 Å². The van der Waals surface area contributed by atoms with Crippen LogP contribution in [-0.2, 0) is 15.1 Å². The number of halogens is 2. The number of carbonyl (C=O) groups excluding carboxylic acids is 1. The number of esters is 1. The lowest BCUT2D eigenvalue weighted by Gasteiger charge is -2.37. The van der Waals surface area contributed by atoms with Crippen LogP contribution in [0.5, 0.6) is 0 Å². The Labute approximate surface area is 152 Å². The maximum atomic E-state index is 13.4. The van der Waals surface area contributed by atoms with Crippen LogP contribution in [0.1, 0.15) is 43.2 Å². The van der Waals surface area contributed by atoms with Gasteiger partial charge < -0.3 is 15.2 Å². The molecule has 26 heavy (non-hydrogen) atoms. The Balaban J connectivity index is 1.86. The number of benzene rings is 1. The van der Waals surface area contributed by atoms with Crippen molar-refractivity contribution in [3.63, 3.8) is 0 Å². The fourth-order valence-corrected chi connectivity index (χ4v) is 3.88. The number of rotatable bonds is 5. The zero-order valence-electron chi connectivity index (χ0n) is 14.7. The van der Waals surface area contributed by atoms with Crippen molar-refractivity contribution in [1.82, 2.24) is 5.32 Å². The van der Waals surface area contributed by atoms with Crippen LogP contribution >= 0.6 is 0 Å². The number of nitrogens with one attached hydrogen (secondary N) is 1. The van der Waals surface area contributed by atoms with Gasteiger partial charge in [-0.05, 0) is 43.5 Å². The maximum absolute atomic E-state index is 13.4. The fourth-order valence-electron chi connectivity index (χ4n) is 3.88. The molecule has 1 saturated heterocycles. The molecule has 0 aromatic heterocycles. The van der Waals surface area contributed by atoms with Gasteiger partial charge in [0.25, 0.3) is 5.92 Å². The van der Waals surface area contributed by atoms with E-state index in [-0.39, 0.29) is 18.8 Å². The first kappa shape index (κ1) is 19.0. The van der Waals surface area contributed by atoms with Crippen molar-refractivity contribution >= 4 is 12.0 Å². The number of hydrogen-bond acceptors (Lipinski definition) is 4. The van der Waals surface area contributed by atoms with Crippen LogP contribution in [-0.4, -0.2) is 36.2 Å². The standard InChI is InChI=1S/C20H25F2NO3/c1-2-14-3-5-15(6-4-14)20(25,16-8-11-23-12-9-16)18(24)26-17-7-10-19(21,22)13-17/h2-6,16-17,23,25H,1,7-13H2/t17-,20+/m1/s1. The van der Waals surface area contributed by atoms with Crippen LogP contribution in [0.4, 0.5) is 8.78 Å². The predicted octanol–water partition coefficient (Wildman–Crippen LogP) is 3.25. The highest BCUT2D eigenvalue weighted by Gasteiger charge is 2.49. The third-order valence-corrected chi connectivity index (χ3v) is 5.46. The quantitative estimate of drug-likeness (QED) is 0.787. The molecule has 2 aliphatic rings. The summed E-state index contributed by atoms with van der Waals surface area (Å²) in [5.41, 5.74) is -0.533. The van der Waals surface area contributed by atoms with Gasteiger partial charge in [0.05, 0.1) is 0 Å². The first-order valence-electron chi connectivity index (χ1n) is 9.10. The third-order valence-electron chi connectivity index (χ3n) is 5.46. The molecule has 3 rings (SSSR count). The SMILES string of the molecule is C=Cc1ccc([C@@](O)(C(=O)O[C@@H]2CCC(F)(F)C2)C2CCNCC2)cc1. The molecule has 1 aliphatic carbocycles. The number of hydrogen-bond donors (Lipinski definition) is 2. The Morgan fingerprint density at radius 3 is 2.46 bits per heavy atom. The normalized spacial score (nSPS) is 25.4. The van der Waals surface area contributed by atoms with Crippen molar-refractivity contribution in [2.45, 2.75) is 49.7 Å². The third kappa shape index (κ3) is 3.81. The van der Waals surface area contributed by atoms with E-state index in [1.807, 2.05) is 0 Å². The molecule has 1 aliphatic heterocycles. The Morgan fingerprint density at radius 2 is 1.92 bits per heavy atom. The Bertz CT molecular complexity index is 656. The second-order valence-electron chi connectivity index (χ2n) is 7.24. The minimum atomic E-state index is -2.80. The first-order valence-corrected chi connectivity index (χ1v) is 9.10. The molecule has 0 amide bonds. The average Bonchev–Trinajstić information content (AvgIpc) is 3.00. The van der Waals surface area contributed by atoms with E-state index in [2.05, 4.69) is 11.9 Å². The molecule has 0 radical (unpaired) electrons. The molecule has 4 nitrogen and oxygen atoms in total. The molecular formula is C20H25F2NO3. The van der Waals surface area contributed by atoms with E-state index in [9.17, 15) is 18.7 Å². The summed E-state index contributed by atoms with van der Waals surface area (Å²) in [6.07, 6.45) is 1.40. The number of piperidine rings is 1. The van der Waals surface area contributed by atoms with Crippen LogP contribution in [0.3, 0.4) is 0 Å². The second kappa shape index (κ2) is 7.45. The van der Waals surface area contributed by atoms with E-state index in [0.29, 0.717) is 31.5 Å². The molecule has 2 fully saturated rings.